The van der Waals surface area contributed by atoms with Gasteiger partial charge in [0.15, 0.2) is 0 Å². The number of hydrogen-bond donors (Lipinski definition) is 2. The first-order valence-corrected chi connectivity index (χ1v) is 7.70. The lowest BCUT2D eigenvalue weighted by atomic mass is 9.82. The minimum atomic E-state index is -0.283. The zero-order valence-corrected chi connectivity index (χ0v) is 12.7. The highest BCUT2D eigenvalue weighted by Gasteiger charge is 2.39. The predicted molar refractivity (Wildman–Crippen MR) is 82.4 cm³/mol. The van der Waals surface area contributed by atoms with Gasteiger partial charge >= 0.3 is 0 Å². The van der Waals surface area contributed by atoms with Crippen molar-refractivity contribution in [3.8, 4) is 0 Å². The molecule has 1 atom stereocenters. The Hall–Kier alpha value is -1.13. The van der Waals surface area contributed by atoms with E-state index in [-0.39, 0.29) is 11.6 Å². The van der Waals surface area contributed by atoms with Crippen molar-refractivity contribution in [2.24, 2.45) is 5.73 Å². The van der Waals surface area contributed by atoms with E-state index in [0.717, 1.165) is 24.0 Å². The zero-order valence-electron chi connectivity index (χ0n) is 12.7. The number of aromatic nitrogens is 1. The predicted octanol–water partition coefficient (Wildman–Crippen LogP) is 3.10. The second-order valence-corrected chi connectivity index (χ2v) is 5.88. The Morgan fingerprint density at radius 3 is 2.55 bits per heavy atom. The molecule has 0 bridgehead atoms. The Bertz CT molecular complexity index is 439. The number of nitrogens with two attached hydrogens (primary N) is 2. The summed E-state index contributed by atoms with van der Waals surface area (Å²) in [6, 6.07) is 1.85. The third-order valence-corrected chi connectivity index (χ3v) is 4.37. The molecule has 20 heavy (non-hydrogen) atoms. The van der Waals surface area contributed by atoms with Crippen molar-refractivity contribution >= 4 is 5.82 Å². The first-order valence-electron chi connectivity index (χ1n) is 7.70. The summed E-state index contributed by atoms with van der Waals surface area (Å²) < 4.78 is 6.15. The van der Waals surface area contributed by atoms with Crippen LogP contribution in [0.3, 0.4) is 0 Å². The van der Waals surface area contributed by atoms with Crippen LogP contribution in [0, 0.1) is 6.92 Å². The highest BCUT2D eigenvalue weighted by Crippen LogP contribution is 2.40. The molecule has 0 spiro atoms. The van der Waals surface area contributed by atoms with Crippen molar-refractivity contribution in [3.05, 3.63) is 23.4 Å². The average Bonchev–Trinajstić information content (AvgIpc) is 2.68. The SMILES string of the molecule is CCOC1(C(N)c2cc(C)cnc2N)CCCCCC1. The van der Waals surface area contributed by atoms with Crippen LogP contribution in [-0.2, 0) is 4.74 Å². The van der Waals surface area contributed by atoms with Gasteiger partial charge in [0.1, 0.15) is 5.82 Å². The van der Waals surface area contributed by atoms with Gasteiger partial charge in [-0.25, -0.2) is 4.98 Å². The van der Waals surface area contributed by atoms with Gasteiger partial charge in [0, 0.05) is 18.4 Å². The largest absolute Gasteiger partial charge is 0.383 e. The number of hydrogen-bond acceptors (Lipinski definition) is 4. The highest BCUT2D eigenvalue weighted by molar-refractivity contribution is 5.44. The minimum Gasteiger partial charge on any atom is -0.383 e. The maximum absolute atomic E-state index is 6.58. The number of pyridine rings is 1. The van der Waals surface area contributed by atoms with E-state index in [4.69, 9.17) is 16.2 Å². The number of nitrogen functional groups attached to an aromatic ring is 1. The molecule has 4 N–H and O–H groups in total. The second-order valence-electron chi connectivity index (χ2n) is 5.88. The molecule has 2 rings (SSSR count). The number of ether oxygens (including phenoxy) is 1. The summed E-state index contributed by atoms with van der Waals surface area (Å²) in [6.45, 7) is 4.74. The van der Waals surface area contributed by atoms with Crippen molar-refractivity contribution in [1.29, 1.82) is 0 Å². The molecule has 4 heteroatoms. The standard InChI is InChI=1S/C16H27N3O/c1-3-20-16(8-6-4-5-7-9-16)14(17)13-10-12(2)11-19-15(13)18/h10-11,14H,3-9,17H2,1-2H3,(H2,18,19). The van der Waals surface area contributed by atoms with Crippen molar-refractivity contribution in [2.45, 2.75) is 64.0 Å². The van der Waals surface area contributed by atoms with E-state index in [1.165, 1.54) is 25.7 Å². The molecule has 1 aromatic heterocycles. The summed E-state index contributed by atoms with van der Waals surface area (Å²) in [5.74, 6) is 0.534. The van der Waals surface area contributed by atoms with Gasteiger partial charge in [0.25, 0.3) is 0 Å². The minimum absolute atomic E-state index is 0.201. The molecule has 1 unspecified atom stereocenters. The lowest BCUT2D eigenvalue weighted by molar-refractivity contribution is -0.0695. The van der Waals surface area contributed by atoms with E-state index in [9.17, 15) is 0 Å². The van der Waals surface area contributed by atoms with Crippen molar-refractivity contribution in [3.63, 3.8) is 0 Å². The maximum atomic E-state index is 6.58. The Morgan fingerprint density at radius 2 is 1.95 bits per heavy atom. The zero-order chi connectivity index (χ0) is 14.6. The summed E-state index contributed by atoms with van der Waals surface area (Å²) in [6.07, 6.45) is 8.68. The molecule has 112 valence electrons. The van der Waals surface area contributed by atoms with Crippen LogP contribution in [-0.4, -0.2) is 17.2 Å². The van der Waals surface area contributed by atoms with E-state index in [0.29, 0.717) is 12.4 Å². The fourth-order valence-electron chi connectivity index (χ4n) is 3.29. The average molecular weight is 277 g/mol. The summed E-state index contributed by atoms with van der Waals surface area (Å²) >= 11 is 0. The Kier molecular flexibility index (Phi) is 5.00. The van der Waals surface area contributed by atoms with Crippen molar-refractivity contribution in [2.75, 3.05) is 12.3 Å². The van der Waals surface area contributed by atoms with Crippen molar-refractivity contribution < 1.29 is 4.74 Å². The first kappa shape index (κ1) is 15.3. The fourth-order valence-corrected chi connectivity index (χ4v) is 3.29. The third kappa shape index (κ3) is 3.13. The topological polar surface area (TPSA) is 74.2 Å². The van der Waals surface area contributed by atoms with Crippen LogP contribution in [0.2, 0.25) is 0 Å². The van der Waals surface area contributed by atoms with E-state index in [1.54, 1.807) is 6.20 Å². The molecule has 1 saturated carbocycles. The van der Waals surface area contributed by atoms with Crippen LogP contribution < -0.4 is 11.5 Å². The first-order chi connectivity index (χ1) is 9.59. The van der Waals surface area contributed by atoms with E-state index in [1.807, 2.05) is 13.8 Å². The fraction of sp³-hybridized carbons (Fsp3) is 0.688. The summed E-state index contributed by atoms with van der Waals surface area (Å²) in [4.78, 5) is 4.25. The van der Waals surface area contributed by atoms with Crippen LogP contribution in [0.15, 0.2) is 12.3 Å². The van der Waals surface area contributed by atoms with Gasteiger partial charge in [-0.3, -0.25) is 0 Å². The summed E-state index contributed by atoms with van der Waals surface area (Å²) in [7, 11) is 0. The van der Waals surface area contributed by atoms with Gasteiger partial charge in [-0.1, -0.05) is 25.7 Å². The van der Waals surface area contributed by atoms with Gasteiger partial charge < -0.3 is 16.2 Å². The van der Waals surface area contributed by atoms with Gasteiger partial charge in [-0.2, -0.15) is 0 Å². The Morgan fingerprint density at radius 1 is 1.30 bits per heavy atom. The van der Waals surface area contributed by atoms with E-state index in [2.05, 4.69) is 11.1 Å². The second kappa shape index (κ2) is 6.55. The summed E-state index contributed by atoms with van der Waals surface area (Å²) in [5, 5.41) is 0. The van der Waals surface area contributed by atoms with Crippen LogP contribution in [0.25, 0.3) is 0 Å². The van der Waals surface area contributed by atoms with Gasteiger partial charge in [-0.15, -0.1) is 0 Å². The van der Waals surface area contributed by atoms with Crippen LogP contribution in [0.4, 0.5) is 5.82 Å². The third-order valence-electron chi connectivity index (χ3n) is 4.37. The normalized spacial score (nSPS) is 20.4. The molecular formula is C16H27N3O. The van der Waals surface area contributed by atoms with Crippen molar-refractivity contribution in [1.82, 2.24) is 4.98 Å². The monoisotopic (exact) mass is 277 g/mol. The summed E-state index contributed by atoms with van der Waals surface area (Å²) in [5.41, 5.74) is 14.4. The quantitative estimate of drug-likeness (QED) is 0.829. The Balaban J connectivity index is 2.34. The van der Waals surface area contributed by atoms with Gasteiger partial charge in [-0.05, 0) is 38.3 Å². The van der Waals surface area contributed by atoms with E-state index >= 15 is 0 Å². The molecule has 0 aromatic carbocycles. The lowest BCUT2D eigenvalue weighted by Crippen LogP contribution is -2.44. The van der Waals surface area contributed by atoms with Crippen LogP contribution in [0.1, 0.15) is 62.6 Å². The molecule has 0 saturated heterocycles. The molecule has 1 aromatic rings. The molecule has 1 fully saturated rings. The lowest BCUT2D eigenvalue weighted by Gasteiger charge is -2.38. The Labute approximate surface area is 121 Å². The molecule has 0 aliphatic heterocycles. The van der Waals surface area contributed by atoms with Crippen LogP contribution in [0.5, 0.6) is 0 Å². The van der Waals surface area contributed by atoms with Gasteiger partial charge in [0.05, 0.1) is 11.6 Å². The molecule has 0 amide bonds. The highest BCUT2D eigenvalue weighted by atomic mass is 16.5. The number of nitrogens with zero attached hydrogens (tertiary/aromatic N) is 1. The maximum Gasteiger partial charge on any atom is 0.128 e. The molecule has 1 heterocycles. The number of aryl methyl sites for hydroxylation is 1. The molecule has 1 aliphatic rings. The van der Waals surface area contributed by atoms with Crippen LogP contribution >= 0.6 is 0 Å². The molecular weight excluding hydrogens is 250 g/mol. The number of anilines is 1. The molecule has 4 nitrogen and oxygen atoms in total. The van der Waals surface area contributed by atoms with Gasteiger partial charge in [0.2, 0.25) is 0 Å². The number of rotatable bonds is 4. The smallest absolute Gasteiger partial charge is 0.128 e. The molecule has 0 radical (unpaired) electrons. The van der Waals surface area contributed by atoms with E-state index < -0.39 is 0 Å². The molecule has 1 aliphatic carbocycles.